The maximum absolute atomic E-state index is 11.7. The molecular weight excluding hydrogens is 244 g/mol. The molecule has 108 valence electrons. The number of aliphatic hydroxyl groups is 1. The zero-order valence-corrected chi connectivity index (χ0v) is 11.9. The van der Waals surface area contributed by atoms with E-state index in [9.17, 15) is 4.79 Å². The van der Waals surface area contributed by atoms with Crippen LogP contribution < -0.4 is 11.1 Å². The van der Waals surface area contributed by atoms with E-state index < -0.39 is 0 Å². The molecule has 1 atom stereocenters. The Morgan fingerprint density at radius 3 is 2.74 bits per heavy atom. The molecule has 0 bridgehead atoms. The number of carbonyl (C=O) groups is 1. The molecule has 1 amide bonds. The first-order valence-corrected chi connectivity index (χ1v) is 6.62. The van der Waals surface area contributed by atoms with Gasteiger partial charge in [0.05, 0.1) is 17.1 Å². The fourth-order valence-electron chi connectivity index (χ4n) is 1.83. The molecule has 6 heteroatoms. The van der Waals surface area contributed by atoms with Gasteiger partial charge in [0.25, 0.3) is 0 Å². The van der Waals surface area contributed by atoms with Crippen LogP contribution in [-0.2, 0) is 11.3 Å². The van der Waals surface area contributed by atoms with Gasteiger partial charge in [-0.1, -0.05) is 6.92 Å². The summed E-state index contributed by atoms with van der Waals surface area (Å²) in [5.74, 6) is 0.218. The van der Waals surface area contributed by atoms with E-state index in [-0.39, 0.29) is 25.0 Å². The zero-order valence-electron chi connectivity index (χ0n) is 11.9. The van der Waals surface area contributed by atoms with Crippen molar-refractivity contribution in [3.8, 4) is 0 Å². The summed E-state index contributed by atoms with van der Waals surface area (Å²) in [7, 11) is 0. The monoisotopic (exact) mass is 268 g/mol. The van der Waals surface area contributed by atoms with Crippen molar-refractivity contribution in [2.24, 2.45) is 5.92 Å². The number of carbonyl (C=O) groups excluding carboxylic acids is 1. The lowest BCUT2D eigenvalue weighted by Crippen LogP contribution is -2.29. The van der Waals surface area contributed by atoms with Crippen molar-refractivity contribution in [2.75, 3.05) is 18.9 Å². The van der Waals surface area contributed by atoms with Crippen LogP contribution in [0.5, 0.6) is 0 Å². The topological polar surface area (TPSA) is 93.2 Å². The lowest BCUT2D eigenvalue weighted by Gasteiger charge is -2.09. The second-order valence-electron chi connectivity index (χ2n) is 5.02. The van der Waals surface area contributed by atoms with E-state index in [4.69, 9.17) is 10.8 Å². The van der Waals surface area contributed by atoms with Crippen LogP contribution >= 0.6 is 0 Å². The Balaban J connectivity index is 2.33. The van der Waals surface area contributed by atoms with Gasteiger partial charge in [-0.2, -0.15) is 5.10 Å². The zero-order chi connectivity index (χ0) is 14.4. The van der Waals surface area contributed by atoms with Crippen LogP contribution in [0.1, 0.15) is 31.2 Å². The summed E-state index contributed by atoms with van der Waals surface area (Å²) in [6.45, 7) is 6.68. The average Bonchev–Trinajstić information content (AvgIpc) is 2.62. The van der Waals surface area contributed by atoms with E-state index in [0.29, 0.717) is 12.2 Å². The molecular formula is C13H24N4O2. The van der Waals surface area contributed by atoms with E-state index in [0.717, 1.165) is 24.2 Å². The first-order chi connectivity index (χ1) is 8.95. The summed E-state index contributed by atoms with van der Waals surface area (Å²) in [6, 6.07) is 0. The molecule has 6 nitrogen and oxygen atoms in total. The Morgan fingerprint density at radius 2 is 2.21 bits per heavy atom. The molecule has 0 fully saturated rings. The minimum Gasteiger partial charge on any atom is -0.396 e. The molecule has 0 aliphatic heterocycles. The smallest absolute Gasteiger partial charge is 0.241 e. The molecule has 0 saturated carbocycles. The number of nitrogens with two attached hydrogens (primary N) is 1. The number of aromatic nitrogens is 2. The molecule has 0 radical (unpaired) electrons. The van der Waals surface area contributed by atoms with Crippen LogP contribution in [0.2, 0.25) is 0 Å². The molecule has 0 aliphatic rings. The number of amides is 1. The summed E-state index contributed by atoms with van der Waals surface area (Å²) in [4.78, 5) is 11.7. The van der Waals surface area contributed by atoms with Crippen molar-refractivity contribution < 1.29 is 9.90 Å². The van der Waals surface area contributed by atoms with E-state index in [1.54, 1.807) is 4.68 Å². The van der Waals surface area contributed by atoms with Crippen LogP contribution in [0.25, 0.3) is 0 Å². The molecule has 1 aromatic heterocycles. The predicted octanol–water partition coefficient (Wildman–Crippen LogP) is 0.607. The number of rotatable bonds is 7. The number of nitrogen functional groups attached to an aromatic ring is 1. The SMILES string of the molecule is Cc1nn(CC(=O)NCCCC(C)CO)c(C)c1N. The van der Waals surface area contributed by atoms with Crippen LogP contribution in [0.4, 0.5) is 5.69 Å². The Bertz CT molecular complexity index is 429. The van der Waals surface area contributed by atoms with Gasteiger partial charge < -0.3 is 16.2 Å². The average molecular weight is 268 g/mol. The lowest BCUT2D eigenvalue weighted by molar-refractivity contribution is -0.121. The number of aliphatic hydroxyl groups excluding tert-OH is 1. The van der Waals surface area contributed by atoms with Gasteiger partial charge in [0.2, 0.25) is 5.91 Å². The van der Waals surface area contributed by atoms with Crippen molar-refractivity contribution in [1.82, 2.24) is 15.1 Å². The van der Waals surface area contributed by atoms with Crippen LogP contribution in [0.3, 0.4) is 0 Å². The van der Waals surface area contributed by atoms with Gasteiger partial charge in [0.1, 0.15) is 6.54 Å². The molecule has 1 unspecified atom stereocenters. The van der Waals surface area contributed by atoms with Crippen molar-refractivity contribution >= 4 is 11.6 Å². The second-order valence-corrected chi connectivity index (χ2v) is 5.02. The molecule has 0 aromatic carbocycles. The molecule has 0 spiro atoms. The van der Waals surface area contributed by atoms with E-state index in [1.807, 2.05) is 20.8 Å². The van der Waals surface area contributed by atoms with E-state index >= 15 is 0 Å². The van der Waals surface area contributed by atoms with Gasteiger partial charge in [-0.15, -0.1) is 0 Å². The molecule has 1 heterocycles. The third-order valence-electron chi connectivity index (χ3n) is 3.24. The highest BCUT2D eigenvalue weighted by atomic mass is 16.3. The second kappa shape index (κ2) is 7.13. The van der Waals surface area contributed by atoms with Crippen molar-refractivity contribution in [2.45, 2.75) is 40.2 Å². The largest absolute Gasteiger partial charge is 0.396 e. The Hall–Kier alpha value is -1.56. The highest BCUT2D eigenvalue weighted by Crippen LogP contribution is 2.14. The first-order valence-electron chi connectivity index (χ1n) is 6.62. The van der Waals surface area contributed by atoms with E-state index in [1.165, 1.54) is 0 Å². The minimum absolute atomic E-state index is 0.0674. The fourth-order valence-corrected chi connectivity index (χ4v) is 1.83. The third kappa shape index (κ3) is 4.55. The summed E-state index contributed by atoms with van der Waals surface area (Å²) in [5, 5.41) is 15.9. The molecule has 1 aromatic rings. The summed E-state index contributed by atoms with van der Waals surface area (Å²) < 4.78 is 1.62. The molecule has 1 rings (SSSR count). The Labute approximate surface area is 114 Å². The number of nitrogens with zero attached hydrogens (tertiary/aromatic N) is 2. The van der Waals surface area contributed by atoms with Gasteiger partial charge >= 0.3 is 0 Å². The maximum atomic E-state index is 11.7. The number of aryl methyl sites for hydroxylation is 1. The summed E-state index contributed by atoms with van der Waals surface area (Å²) in [6.07, 6.45) is 1.77. The molecule has 0 aliphatic carbocycles. The van der Waals surface area contributed by atoms with Crippen LogP contribution in [0, 0.1) is 19.8 Å². The molecule has 19 heavy (non-hydrogen) atoms. The number of nitrogens with one attached hydrogen (secondary N) is 1. The van der Waals surface area contributed by atoms with Gasteiger partial charge in [-0.25, -0.2) is 0 Å². The summed E-state index contributed by atoms with van der Waals surface area (Å²) >= 11 is 0. The fraction of sp³-hybridized carbons (Fsp3) is 0.692. The predicted molar refractivity (Wildman–Crippen MR) is 74.6 cm³/mol. The van der Waals surface area contributed by atoms with E-state index in [2.05, 4.69) is 10.4 Å². The third-order valence-corrected chi connectivity index (χ3v) is 3.24. The lowest BCUT2D eigenvalue weighted by atomic mass is 10.1. The maximum Gasteiger partial charge on any atom is 0.241 e. The number of hydrogen-bond acceptors (Lipinski definition) is 4. The van der Waals surface area contributed by atoms with Gasteiger partial charge in [0.15, 0.2) is 0 Å². The number of anilines is 1. The first kappa shape index (κ1) is 15.5. The normalized spacial score (nSPS) is 12.4. The highest BCUT2D eigenvalue weighted by molar-refractivity contribution is 5.75. The quantitative estimate of drug-likeness (QED) is 0.632. The van der Waals surface area contributed by atoms with Crippen molar-refractivity contribution in [3.05, 3.63) is 11.4 Å². The van der Waals surface area contributed by atoms with Crippen LogP contribution in [-0.4, -0.2) is 33.9 Å². The molecule has 0 saturated heterocycles. The Kier molecular flexibility index (Phi) is 5.82. The Morgan fingerprint density at radius 1 is 1.53 bits per heavy atom. The minimum atomic E-state index is -0.0674. The summed E-state index contributed by atoms with van der Waals surface area (Å²) in [5.41, 5.74) is 8.03. The number of hydrogen-bond donors (Lipinski definition) is 3. The standard InChI is InChI=1S/C13H24N4O2/c1-9(8-18)5-4-6-15-12(19)7-17-11(3)13(14)10(2)16-17/h9,18H,4-8,14H2,1-3H3,(H,15,19). The van der Waals surface area contributed by atoms with Gasteiger partial charge in [-0.05, 0) is 32.6 Å². The highest BCUT2D eigenvalue weighted by Gasteiger charge is 2.11. The van der Waals surface area contributed by atoms with Crippen molar-refractivity contribution in [1.29, 1.82) is 0 Å². The molecule has 4 N–H and O–H groups in total. The van der Waals surface area contributed by atoms with Gasteiger partial charge in [-0.3, -0.25) is 9.48 Å². The van der Waals surface area contributed by atoms with Gasteiger partial charge in [0, 0.05) is 13.2 Å². The van der Waals surface area contributed by atoms with Crippen molar-refractivity contribution in [3.63, 3.8) is 0 Å². The van der Waals surface area contributed by atoms with Crippen LogP contribution in [0.15, 0.2) is 0 Å².